The van der Waals surface area contributed by atoms with Crippen molar-refractivity contribution >= 4 is 5.91 Å². The first-order chi connectivity index (χ1) is 9.06. The van der Waals surface area contributed by atoms with Crippen LogP contribution in [0.4, 0.5) is 4.39 Å². The van der Waals surface area contributed by atoms with Crippen LogP contribution in [0.1, 0.15) is 12.8 Å². The normalized spacial score (nSPS) is 21.6. The summed E-state index contributed by atoms with van der Waals surface area (Å²) in [6, 6.07) is 6.00. The minimum atomic E-state index is -0.472. The van der Waals surface area contributed by atoms with E-state index < -0.39 is 5.82 Å². The molecule has 0 heterocycles. The van der Waals surface area contributed by atoms with Crippen LogP contribution in [0.15, 0.2) is 24.3 Å². The molecule has 4 nitrogen and oxygen atoms in total. The zero-order valence-electron chi connectivity index (χ0n) is 10.9. The van der Waals surface area contributed by atoms with Gasteiger partial charge in [-0.1, -0.05) is 12.1 Å². The number of nitrogens with zero attached hydrogens (tertiary/aromatic N) is 1. The number of benzene rings is 1. The second-order valence-corrected chi connectivity index (χ2v) is 4.98. The van der Waals surface area contributed by atoms with Gasteiger partial charge in [0.25, 0.3) is 5.91 Å². The molecule has 19 heavy (non-hydrogen) atoms. The highest BCUT2D eigenvalue weighted by atomic mass is 19.1. The summed E-state index contributed by atoms with van der Waals surface area (Å²) in [5, 5.41) is 9.18. The summed E-state index contributed by atoms with van der Waals surface area (Å²) in [7, 11) is 1.69. The third-order valence-corrected chi connectivity index (χ3v) is 3.36. The molecule has 104 valence electrons. The number of halogens is 1. The van der Waals surface area contributed by atoms with E-state index in [0.29, 0.717) is 12.5 Å². The zero-order chi connectivity index (χ0) is 13.8. The van der Waals surface area contributed by atoms with E-state index in [2.05, 4.69) is 0 Å². The summed E-state index contributed by atoms with van der Waals surface area (Å²) in [4.78, 5) is 13.4. The average molecular weight is 267 g/mol. The van der Waals surface area contributed by atoms with Crippen molar-refractivity contribution in [3.63, 3.8) is 0 Å². The highest BCUT2D eigenvalue weighted by Gasteiger charge is 2.29. The Morgan fingerprint density at radius 2 is 2.16 bits per heavy atom. The number of para-hydroxylation sites is 1. The van der Waals surface area contributed by atoms with Gasteiger partial charge in [-0.3, -0.25) is 4.79 Å². The number of rotatable bonds is 5. The fraction of sp³-hybridized carbons (Fsp3) is 0.500. The van der Waals surface area contributed by atoms with Gasteiger partial charge in [0, 0.05) is 13.6 Å². The van der Waals surface area contributed by atoms with Crippen molar-refractivity contribution in [1.29, 1.82) is 0 Å². The van der Waals surface area contributed by atoms with Gasteiger partial charge < -0.3 is 14.7 Å². The number of hydrogen-bond donors (Lipinski definition) is 1. The Morgan fingerprint density at radius 1 is 1.47 bits per heavy atom. The van der Waals surface area contributed by atoms with E-state index in [-0.39, 0.29) is 24.4 Å². The van der Waals surface area contributed by atoms with Crippen molar-refractivity contribution in [1.82, 2.24) is 4.90 Å². The molecule has 1 aromatic rings. The number of likely N-dealkylation sites (N-methyl/N-ethyl adjacent to an activating group) is 1. The summed E-state index contributed by atoms with van der Waals surface area (Å²) < 4.78 is 18.4. The van der Waals surface area contributed by atoms with E-state index >= 15 is 0 Å². The van der Waals surface area contributed by atoms with E-state index in [1.807, 2.05) is 0 Å². The molecule has 1 aromatic carbocycles. The van der Waals surface area contributed by atoms with Gasteiger partial charge in [0.05, 0.1) is 6.10 Å². The Bertz CT molecular complexity index is 446. The molecule has 0 unspecified atom stereocenters. The fourth-order valence-electron chi connectivity index (χ4n) is 2.15. The molecule has 1 N–H and O–H groups in total. The summed E-state index contributed by atoms with van der Waals surface area (Å²) >= 11 is 0. The van der Waals surface area contributed by atoms with E-state index in [1.165, 1.54) is 12.1 Å². The molecule has 1 fully saturated rings. The largest absolute Gasteiger partial charge is 0.481 e. The molecule has 1 aliphatic carbocycles. The molecule has 0 spiro atoms. The van der Waals surface area contributed by atoms with Crippen LogP contribution in [0.25, 0.3) is 0 Å². The molecule has 0 radical (unpaired) electrons. The summed E-state index contributed by atoms with van der Waals surface area (Å²) in [5.41, 5.74) is 0. The van der Waals surface area contributed by atoms with Gasteiger partial charge in [-0.25, -0.2) is 4.39 Å². The predicted octanol–water partition coefficient (Wildman–Crippen LogP) is 1.43. The number of carbonyl (C=O) groups excluding carboxylic acids is 1. The molecular weight excluding hydrogens is 249 g/mol. The summed E-state index contributed by atoms with van der Waals surface area (Å²) in [5.74, 6) is -0.217. The van der Waals surface area contributed by atoms with Crippen molar-refractivity contribution < 1.29 is 19.0 Å². The predicted molar refractivity (Wildman–Crippen MR) is 68.3 cm³/mol. The minimum absolute atomic E-state index is 0.0864. The van der Waals surface area contributed by atoms with Gasteiger partial charge >= 0.3 is 0 Å². The molecule has 5 heteroatoms. The van der Waals surface area contributed by atoms with E-state index in [4.69, 9.17) is 4.74 Å². The van der Waals surface area contributed by atoms with Crippen molar-refractivity contribution in [2.45, 2.75) is 18.9 Å². The van der Waals surface area contributed by atoms with Gasteiger partial charge in [-0.2, -0.15) is 0 Å². The van der Waals surface area contributed by atoms with Crippen LogP contribution in [0.5, 0.6) is 5.75 Å². The van der Waals surface area contributed by atoms with Gasteiger partial charge in [-0.15, -0.1) is 0 Å². The maximum Gasteiger partial charge on any atom is 0.260 e. The maximum atomic E-state index is 13.3. The van der Waals surface area contributed by atoms with Crippen molar-refractivity contribution in [2.75, 3.05) is 20.2 Å². The molecule has 1 saturated carbocycles. The number of amides is 1. The van der Waals surface area contributed by atoms with Crippen LogP contribution in [0.2, 0.25) is 0 Å². The lowest BCUT2D eigenvalue weighted by molar-refractivity contribution is -0.133. The highest BCUT2D eigenvalue weighted by Crippen LogP contribution is 2.27. The third kappa shape index (κ3) is 3.67. The SMILES string of the molecule is CN(CC1CC(O)C1)C(=O)COc1ccccc1F. The number of aliphatic hydroxyl groups excluding tert-OH is 1. The van der Waals surface area contributed by atoms with Crippen LogP contribution in [0, 0.1) is 11.7 Å². The number of aliphatic hydroxyl groups is 1. The van der Waals surface area contributed by atoms with Gasteiger partial charge in [-0.05, 0) is 30.9 Å². The van der Waals surface area contributed by atoms with Crippen LogP contribution >= 0.6 is 0 Å². The summed E-state index contributed by atoms with van der Waals surface area (Å²) in [6.07, 6.45) is 1.26. The minimum Gasteiger partial charge on any atom is -0.481 e. The molecule has 0 atom stereocenters. The number of ether oxygens (including phenoxy) is 1. The molecule has 1 amide bonds. The van der Waals surface area contributed by atoms with Crippen molar-refractivity contribution in [2.24, 2.45) is 5.92 Å². The van der Waals surface area contributed by atoms with Crippen LogP contribution in [-0.4, -0.2) is 42.2 Å². The van der Waals surface area contributed by atoms with Crippen LogP contribution in [0.3, 0.4) is 0 Å². The lowest BCUT2D eigenvalue weighted by Gasteiger charge is -2.34. The highest BCUT2D eigenvalue weighted by molar-refractivity contribution is 5.77. The Labute approximate surface area is 111 Å². The Balaban J connectivity index is 1.76. The first kappa shape index (κ1) is 13.8. The lowest BCUT2D eigenvalue weighted by atomic mass is 9.82. The second-order valence-electron chi connectivity index (χ2n) is 4.98. The molecule has 0 aromatic heterocycles. The number of hydrogen-bond acceptors (Lipinski definition) is 3. The van der Waals surface area contributed by atoms with Crippen molar-refractivity contribution in [3.05, 3.63) is 30.1 Å². The molecule has 2 rings (SSSR count). The number of carbonyl (C=O) groups is 1. The van der Waals surface area contributed by atoms with Gasteiger partial charge in [0.2, 0.25) is 0 Å². The first-order valence-electron chi connectivity index (χ1n) is 6.35. The standard InChI is InChI=1S/C14H18FNO3/c1-16(8-10-6-11(17)7-10)14(18)9-19-13-5-3-2-4-12(13)15/h2-5,10-11,17H,6-9H2,1H3. The van der Waals surface area contributed by atoms with Crippen LogP contribution in [-0.2, 0) is 4.79 Å². The molecular formula is C14H18FNO3. The topological polar surface area (TPSA) is 49.8 Å². The Kier molecular flexibility index (Phi) is 4.37. The average Bonchev–Trinajstić information content (AvgIpc) is 2.35. The molecule has 0 bridgehead atoms. The second kappa shape index (κ2) is 6.02. The molecule has 0 aliphatic heterocycles. The van der Waals surface area contributed by atoms with E-state index in [0.717, 1.165) is 12.8 Å². The quantitative estimate of drug-likeness (QED) is 0.878. The monoisotopic (exact) mass is 267 g/mol. The van der Waals surface area contributed by atoms with E-state index in [9.17, 15) is 14.3 Å². The molecule has 1 aliphatic rings. The lowest BCUT2D eigenvalue weighted by Crippen LogP contribution is -2.41. The third-order valence-electron chi connectivity index (χ3n) is 3.36. The zero-order valence-corrected chi connectivity index (χ0v) is 10.9. The van der Waals surface area contributed by atoms with Gasteiger partial charge in [0.15, 0.2) is 18.2 Å². The van der Waals surface area contributed by atoms with E-state index in [1.54, 1.807) is 24.1 Å². The van der Waals surface area contributed by atoms with Crippen LogP contribution < -0.4 is 4.74 Å². The van der Waals surface area contributed by atoms with Crippen molar-refractivity contribution in [3.8, 4) is 5.75 Å². The maximum absolute atomic E-state index is 13.3. The fourth-order valence-corrected chi connectivity index (χ4v) is 2.15. The van der Waals surface area contributed by atoms with Gasteiger partial charge in [0.1, 0.15) is 0 Å². The first-order valence-corrected chi connectivity index (χ1v) is 6.35. The summed E-state index contributed by atoms with van der Waals surface area (Å²) in [6.45, 7) is 0.434. The smallest absolute Gasteiger partial charge is 0.260 e. The Morgan fingerprint density at radius 3 is 2.79 bits per heavy atom. The molecule has 0 saturated heterocycles. The Hall–Kier alpha value is -1.62.